The molecule has 47 heavy (non-hydrogen) atoms. The van der Waals surface area contributed by atoms with E-state index in [1.54, 1.807) is 33.4 Å². The van der Waals surface area contributed by atoms with Crippen LogP contribution >= 0.6 is 7.92 Å². The van der Waals surface area contributed by atoms with Crippen LogP contribution in [0.4, 0.5) is 0 Å². The van der Waals surface area contributed by atoms with Crippen LogP contribution in [0.5, 0.6) is 11.6 Å². The van der Waals surface area contributed by atoms with Crippen LogP contribution in [0.25, 0.3) is 16.6 Å². The zero-order valence-electron chi connectivity index (χ0n) is 28.0. The molecule has 4 aromatic rings. The van der Waals surface area contributed by atoms with Gasteiger partial charge in [0.25, 0.3) is 0 Å². The van der Waals surface area contributed by atoms with Gasteiger partial charge in [-0.2, -0.15) is 5.10 Å². The molecule has 0 radical (unpaired) electrons. The number of nitrogens with zero attached hydrogens (tertiary/aromatic N) is 6. The molecule has 5 heterocycles. The molecule has 0 saturated heterocycles. The lowest BCUT2D eigenvalue weighted by atomic mass is 9.61. The number of allylic oxidation sites excluding steroid dienone is 1. The van der Waals surface area contributed by atoms with E-state index in [0.29, 0.717) is 17.5 Å². The fourth-order valence-electron chi connectivity index (χ4n) is 6.54. The average Bonchev–Trinajstić information content (AvgIpc) is 3.33. The molecule has 3 saturated carbocycles. The van der Waals surface area contributed by atoms with Crippen LogP contribution in [0.3, 0.4) is 0 Å². The first-order valence-electron chi connectivity index (χ1n) is 16.3. The molecular weight excluding hydrogens is 607 g/mol. The second-order valence-electron chi connectivity index (χ2n) is 13.6. The molecule has 3 aliphatic carbocycles. The van der Waals surface area contributed by atoms with Gasteiger partial charge in [-0.15, -0.1) is 0 Å². The molecular formula is C37H45N6O3P. The smallest absolute Gasteiger partial charge is 0.212 e. The molecule has 0 spiro atoms. The van der Waals surface area contributed by atoms with E-state index in [2.05, 4.69) is 46.6 Å². The fourth-order valence-corrected chi connectivity index (χ4v) is 7.47. The lowest BCUT2D eigenvalue weighted by molar-refractivity contribution is 0.0283. The summed E-state index contributed by atoms with van der Waals surface area (Å²) >= 11 is 0. The van der Waals surface area contributed by atoms with Gasteiger partial charge in [-0.05, 0) is 88.5 Å². The molecule has 4 aromatic heterocycles. The molecule has 10 heteroatoms. The highest BCUT2D eigenvalue weighted by atomic mass is 31.1. The van der Waals surface area contributed by atoms with Crippen molar-refractivity contribution in [3.63, 3.8) is 0 Å². The predicted octanol–water partition coefficient (Wildman–Crippen LogP) is 6.78. The maximum Gasteiger partial charge on any atom is 0.212 e. The molecule has 3 fully saturated rings. The fraction of sp³-hybridized carbons (Fsp3) is 0.405. The van der Waals surface area contributed by atoms with E-state index in [4.69, 9.17) is 14.5 Å². The number of fused-ring (bicyclic) bond motifs is 3. The van der Waals surface area contributed by atoms with Crippen LogP contribution in [0.2, 0.25) is 0 Å². The first kappa shape index (κ1) is 32.9. The third kappa shape index (κ3) is 8.27. The first-order chi connectivity index (χ1) is 22.6. The molecule has 246 valence electrons. The summed E-state index contributed by atoms with van der Waals surface area (Å²) in [5.74, 6) is 3.81. The van der Waals surface area contributed by atoms with E-state index in [1.165, 1.54) is 36.7 Å². The van der Waals surface area contributed by atoms with Crippen molar-refractivity contribution < 1.29 is 14.6 Å². The Morgan fingerprint density at radius 2 is 1.79 bits per heavy atom. The van der Waals surface area contributed by atoms with E-state index < -0.39 is 5.60 Å². The molecule has 4 aliphatic rings. The summed E-state index contributed by atoms with van der Waals surface area (Å²) in [5, 5.41) is 16.0. The van der Waals surface area contributed by atoms with E-state index in [9.17, 15) is 5.11 Å². The van der Waals surface area contributed by atoms with Gasteiger partial charge in [-0.1, -0.05) is 20.1 Å². The Hall–Kier alpha value is -4.07. The first-order valence-corrected chi connectivity index (χ1v) is 18.5. The zero-order chi connectivity index (χ0) is 33.0. The van der Waals surface area contributed by atoms with Gasteiger partial charge in [-0.3, -0.25) is 9.98 Å². The Morgan fingerprint density at radius 1 is 0.979 bits per heavy atom. The summed E-state index contributed by atoms with van der Waals surface area (Å²) in [7, 11) is 1.31. The van der Waals surface area contributed by atoms with Gasteiger partial charge in [-0.25, -0.2) is 9.50 Å². The molecule has 1 N–H and O–H groups in total. The molecule has 0 unspecified atom stereocenters. The maximum atomic E-state index is 10.1. The lowest BCUT2D eigenvalue weighted by Gasteiger charge is -2.45. The third-order valence-electron chi connectivity index (χ3n) is 8.89. The maximum absolute atomic E-state index is 10.1. The zero-order valence-corrected chi connectivity index (χ0v) is 28.8. The van der Waals surface area contributed by atoms with Crippen LogP contribution in [-0.2, 0) is 6.54 Å². The summed E-state index contributed by atoms with van der Waals surface area (Å²) in [6, 6.07) is 10.4. The van der Waals surface area contributed by atoms with Gasteiger partial charge in [0.05, 0.1) is 30.6 Å². The number of ether oxygens (including phenoxy) is 2. The molecule has 0 aromatic carbocycles. The van der Waals surface area contributed by atoms with E-state index >= 15 is 0 Å². The standard InChI is InChI=1S/C25H32N3O2P.C12H13N3O/c1-25(2,29)15-30-20-11-21(24-23(31(3)4)13-27-28(24)14-20)18-5-6-22(26-12-18)19-9-16-7-17(8-16)10-19;1-16-12-4-3-11(9-14-12)10-15-7-2-5-13-6-8-15/h5-6,11-14,16-17,19,29H,7-10,15H2,1-4H3;2-9H,10H2,1H3. The number of aliphatic hydroxyl groups is 1. The second-order valence-corrected chi connectivity index (χ2v) is 15.8. The van der Waals surface area contributed by atoms with Crippen molar-refractivity contribution in [2.24, 2.45) is 16.8 Å². The minimum Gasteiger partial charge on any atom is -0.489 e. The van der Waals surface area contributed by atoms with Gasteiger partial charge in [0, 0.05) is 77.9 Å². The van der Waals surface area contributed by atoms with Gasteiger partial charge >= 0.3 is 0 Å². The van der Waals surface area contributed by atoms with Crippen LogP contribution in [0.15, 0.2) is 84.8 Å². The van der Waals surface area contributed by atoms with Crippen LogP contribution in [0, 0.1) is 11.8 Å². The number of aliphatic imine (C=N–C) groups is 1. The Morgan fingerprint density at radius 3 is 2.45 bits per heavy atom. The van der Waals surface area contributed by atoms with Crippen molar-refractivity contribution in [2.45, 2.75) is 57.6 Å². The predicted molar refractivity (Wildman–Crippen MR) is 190 cm³/mol. The number of hydrogen-bond donors (Lipinski definition) is 1. The SMILES string of the molecule is COc1ccc(CN2C=CC=NC=C2)cn1.CP(C)c1cnn2cc(OCC(C)(C)O)cc(-c3ccc(C4CC5CC(C5)C4)nc3)c12. The largest absolute Gasteiger partial charge is 0.489 e. The minimum absolute atomic E-state index is 0.224. The Balaban J connectivity index is 0.000000203. The summed E-state index contributed by atoms with van der Waals surface area (Å²) in [5.41, 5.74) is 4.77. The molecule has 0 atom stereocenters. The van der Waals surface area contributed by atoms with Gasteiger partial charge in [0.2, 0.25) is 5.88 Å². The number of pyridine rings is 3. The monoisotopic (exact) mass is 652 g/mol. The van der Waals surface area contributed by atoms with Crippen LogP contribution in [0.1, 0.15) is 56.7 Å². The topological polar surface area (TPSA) is 97.4 Å². The van der Waals surface area contributed by atoms with Gasteiger partial charge in [0.15, 0.2) is 0 Å². The van der Waals surface area contributed by atoms with Crippen molar-refractivity contribution >= 4 is 25.0 Å². The quantitative estimate of drug-likeness (QED) is 0.199. The van der Waals surface area contributed by atoms with Gasteiger partial charge in [0.1, 0.15) is 12.4 Å². The summed E-state index contributed by atoms with van der Waals surface area (Å²) in [4.78, 5) is 15.1. The van der Waals surface area contributed by atoms with Crippen molar-refractivity contribution in [3.05, 3.63) is 91.1 Å². The van der Waals surface area contributed by atoms with Gasteiger partial charge < -0.3 is 19.5 Å². The Labute approximate surface area is 278 Å². The van der Waals surface area contributed by atoms with Crippen LogP contribution in [-0.4, -0.2) is 68.5 Å². The summed E-state index contributed by atoms with van der Waals surface area (Å²) in [6.07, 6.45) is 22.5. The minimum atomic E-state index is -0.893. The molecule has 8 rings (SSSR count). The second kappa shape index (κ2) is 14.4. The van der Waals surface area contributed by atoms with Crippen molar-refractivity contribution in [3.8, 4) is 22.8 Å². The molecule has 0 amide bonds. The van der Waals surface area contributed by atoms with Crippen LogP contribution < -0.4 is 14.8 Å². The highest BCUT2D eigenvalue weighted by Crippen LogP contribution is 2.51. The van der Waals surface area contributed by atoms with Crippen molar-refractivity contribution in [1.82, 2.24) is 24.5 Å². The highest BCUT2D eigenvalue weighted by molar-refractivity contribution is 7.64. The van der Waals surface area contributed by atoms with Crippen molar-refractivity contribution in [1.29, 1.82) is 0 Å². The highest BCUT2D eigenvalue weighted by Gasteiger charge is 2.39. The number of methoxy groups -OCH3 is 1. The molecule has 1 aliphatic heterocycles. The Kier molecular flexibility index (Phi) is 10.0. The number of hydrogen-bond acceptors (Lipinski definition) is 8. The molecule has 9 nitrogen and oxygen atoms in total. The summed E-state index contributed by atoms with van der Waals surface area (Å²) in [6.45, 7) is 9.00. The summed E-state index contributed by atoms with van der Waals surface area (Å²) < 4.78 is 12.8. The molecule has 2 bridgehead atoms. The van der Waals surface area contributed by atoms with Crippen molar-refractivity contribution in [2.75, 3.05) is 27.0 Å². The average molecular weight is 653 g/mol. The lowest BCUT2D eigenvalue weighted by Crippen LogP contribution is -2.33. The third-order valence-corrected chi connectivity index (χ3v) is 10.2. The number of aromatic nitrogens is 4. The normalized spacial score (nSPS) is 20.1. The van der Waals surface area contributed by atoms with E-state index in [1.807, 2.05) is 64.8 Å². The number of rotatable bonds is 9. The van der Waals surface area contributed by atoms with E-state index in [-0.39, 0.29) is 14.5 Å². The Bertz CT molecular complexity index is 1710. The van der Waals surface area contributed by atoms with E-state index in [0.717, 1.165) is 40.6 Å².